The summed E-state index contributed by atoms with van der Waals surface area (Å²) in [6, 6.07) is 12.7. The van der Waals surface area contributed by atoms with E-state index in [0.29, 0.717) is 24.7 Å². The Morgan fingerprint density at radius 1 is 1.21 bits per heavy atom. The van der Waals surface area contributed by atoms with Crippen LogP contribution in [0.15, 0.2) is 47.8 Å². The number of hydrogen-bond donors (Lipinski definition) is 3. The first-order valence-electron chi connectivity index (χ1n) is 13.1. The fraction of sp³-hybridized carbons (Fsp3) is 0.393. The van der Waals surface area contributed by atoms with Crippen molar-refractivity contribution in [3.63, 3.8) is 0 Å². The smallest absolute Gasteiger partial charge is 0.204 e. The average Bonchev–Trinajstić information content (AvgIpc) is 3.54. The van der Waals surface area contributed by atoms with E-state index in [-0.39, 0.29) is 0 Å². The van der Waals surface area contributed by atoms with Crippen LogP contribution in [0.5, 0.6) is 0 Å². The van der Waals surface area contributed by atoms with Crippen LogP contribution in [0.1, 0.15) is 24.6 Å². The van der Waals surface area contributed by atoms with E-state index in [2.05, 4.69) is 38.3 Å². The molecule has 1 aromatic carbocycles. The van der Waals surface area contributed by atoms with Crippen LogP contribution in [0.3, 0.4) is 0 Å². The summed E-state index contributed by atoms with van der Waals surface area (Å²) in [4.78, 5) is 7.17. The average molecular weight is 564 g/mol. The Morgan fingerprint density at radius 3 is 2.79 bits per heavy atom. The predicted molar refractivity (Wildman–Crippen MR) is 154 cm³/mol. The molecule has 2 aliphatic rings. The lowest BCUT2D eigenvalue weighted by Gasteiger charge is -2.38. The number of nitriles is 1. The molecule has 2 unspecified atom stereocenters. The van der Waals surface area contributed by atoms with Gasteiger partial charge in [-0.3, -0.25) is 9.99 Å². The Kier molecular flexibility index (Phi) is 7.05. The van der Waals surface area contributed by atoms with Crippen molar-refractivity contribution in [2.45, 2.75) is 45.4 Å². The SMILES string of the molecule is CCN1N=CC(O)N(Cc2cc3nccc(-c4cc(Cl)cc5ccn(CC6(C#N)CCNCC6)c45)c3s2)C1O. The summed E-state index contributed by atoms with van der Waals surface area (Å²) in [5.74, 6) is 0. The van der Waals surface area contributed by atoms with Crippen molar-refractivity contribution < 1.29 is 10.2 Å². The Labute approximate surface area is 235 Å². The summed E-state index contributed by atoms with van der Waals surface area (Å²) in [7, 11) is 0. The molecule has 9 nitrogen and oxygen atoms in total. The van der Waals surface area contributed by atoms with Gasteiger partial charge in [-0.25, -0.2) is 4.90 Å². The molecule has 2 aliphatic heterocycles. The van der Waals surface area contributed by atoms with Gasteiger partial charge in [0.15, 0.2) is 0 Å². The number of pyridine rings is 1. The number of benzene rings is 1. The summed E-state index contributed by atoms with van der Waals surface area (Å²) in [5, 5.41) is 42.0. The molecular formula is C28H30ClN7O2S. The minimum atomic E-state index is -1.02. The molecule has 5 heterocycles. The minimum Gasteiger partial charge on any atom is -0.373 e. The first-order chi connectivity index (χ1) is 18.9. The van der Waals surface area contributed by atoms with Crippen LogP contribution < -0.4 is 5.32 Å². The lowest BCUT2D eigenvalue weighted by Crippen LogP contribution is -2.54. The van der Waals surface area contributed by atoms with Gasteiger partial charge < -0.3 is 20.1 Å². The number of aliphatic hydroxyl groups is 2. The zero-order chi connectivity index (χ0) is 27.1. The quantitative estimate of drug-likeness (QED) is 0.322. The molecule has 1 saturated heterocycles. The molecule has 0 spiro atoms. The van der Waals surface area contributed by atoms with Crippen molar-refractivity contribution in [1.82, 2.24) is 24.8 Å². The number of aliphatic hydroxyl groups excluding tert-OH is 2. The predicted octanol–water partition coefficient (Wildman–Crippen LogP) is 4.18. The lowest BCUT2D eigenvalue weighted by atomic mass is 9.80. The van der Waals surface area contributed by atoms with Gasteiger partial charge in [0, 0.05) is 58.4 Å². The number of rotatable bonds is 6. The van der Waals surface area contributed by atoms with Crippen molar-refractivity contribution >= 4 is 50.3 Å². The fourth-order valence-electron chi connectivity index (χ4n) is 5.66. The van der Waals surface area contributed by atoms with Gasteiger partial charge in [0.2, 0.25) is 6.35 Å². The van der Waals surface area contributed by atoms with Gasteiger partial charge in [-0.2, -0.15) is 10.4 Å². The Morgan fingerprint density at radius 2 is 2.03 bits per heavy atom. The van der Waals surface area contributed by atoms with Gasteiger partial charge in [-0.15, -0.1) is 11.3 Å². The van der Waals surface area contributed by atoms with Gasteiger partial charge in [-0.1, -0.05) is 11.6 Å². The first kappa shape index (κ1) is 26.2. The summed E-state index contributed by atoms with van der Waals surface area (Å²) in [6.45, 7) is 5.07. The third-order valence-corrected chi connectivity index (χ3v) is 9.12. The maximum Gasteiger partial charge on any atom is 0.204 e. The van der Waals surface area contributed by atoms with E-state index in [1.807, 2.05) is 31.2 Å². The molecule has 0 bridgehead atoms. The van der Waals surface area contributed by atoms with Crippen molar-refractivity contribution in [3.8, 4) is 17.2 Å². The van der Waals surface area contributed by atoms with Gasteiger partial charge in [0.05, 0.1) is 33.4 Å². The molecule has 3 N–H and O–H groups in total. The molecule has 0 saturated carbocycles. The molecule has 3 aromatic heterocycles. The number of piperidine rings is 1. The zero-order valence-corrected chi connectivity index (χ0v) is 23.2. The molecule has 39 heavy (non-hydrogen) atoms. The van der Waals surface area contributed by atoms with Crippen molar-refractivity contribution in [2.24, 2.45) is 10.5 Å². The van der Waals surface area contributed by atoms with Gasteiger partial charge in [0.1, 0.15) is 6.23 Å². The maximum absolute atomic E-state index is 10.7. The molecule has 4 aromatic rings. The Hall–Kier alpha value is -3.04. The number of fused-ring (bicyclic) bond motifs is 2. The minimum absolute atomic E-state index is 0.339. The van der Waals surface area contributed by atoms with Crippen molar-refractivity contribution in [2.75, 3.05) is 19.6 Å². The van der Waals surface area contributed by atoms with E-state index in [9.17, 15) is 15.5 Å². The number of hydrogen-bond acceptors (Lipinski definition) is 9. The van der Waals surface area contributed by atoms with Crippen LogP contribution >= 0.6 is 22.9 Å². The summed E-state index contributed by atoms with van der Waals surface area (Å²) < 4.78 is 3.21. The molecule has 6 rings (SSSR count). The monoisotopic (exact) mass is 563 g/mol. The van der Waals surface area contributed by atoms with Crippen LogP contribution in [0.4, 0.5) is 0 Å². The highest BCUT2D eigenvalue weighted by Crippen LogP contribution is 2.41. The highest BCUT2D eigenvalue weighted by atomic mass is 35.5. The summed E-state index contributed by atoms with van der Waals surface area (Å²) in [5.41, 5.74) is 3.48. The number of thiophene rings is 1. The second-order valence-electron chi connectivity index (χ2n) is 10.2. The lowest BCUT2D eigenvalue weighted by molar-refractivity contribution is -0.166. The largest absolute Gasteiger partial charge is 0.373 e. The molecule has 0 amide bonds. The Balaban J connectivity index is 1.41. The summed E-state index contributed by atoms with van der Waals surface area (Å²) >= 11 is 8.20. The van der Waals surface area contributed by atoms with Crippen LogP contribution in [0.25, 0.3) is 32.2 Å². The van der Waals surface area contributed by atoms with E-state index in [1.54, 1.807) is 22.4 Å². The van der Waals surface area contributed by atoms with Gasteiger partial charge >= 0.3 is 0 Å². The number of hydrazone groups is 1. The standard InChI is InChI=1S/C28H30ClN7O2S/c1-2-36-27(38)35(24(37)14-33-36)15-20-13-23-26(39-20)21(3-7-32-23)22-12-19(29)11-18-4-10-34(25(18)22)17-28(16-30)5-8-31-9-6-28/h3-4,7,10-14,24,27,31,37-38H,2,5-6,8-9,15,17H2,1H3. The van der Waals surface area contributed by atoms with E-state index >= 15 is 0 Å². The van der Waals surface area contributed by atoms with E-state index in [0.717, 1.165) is 63.1 Å². The number of halogens is 1. The second kappa shape index (κ2) is 10.5. The van der Waals surface area contributed by atoms with E-state index in [1.165, 1.54) is 11.2 Å². The highest BCUT2D eigenvalue weighted by Gasteiger charge is 2.33. The normalized spacial score (nSPS) is 21.6. The van der Waals surface area contributed by atoms with Gasteiger partial charge in [-0.05, 0) is 63.2 Å². The Bertz CT molecular complexity index is 1590. The first-order valence-corrected chi connectivity index (χ1v) is 14.3. The molecule has 11 heteroatoms. The van der Waals surface area contributed by atoms with Crippen LogP contribution in [-0.4, -0.2) is 68.1 Å². The van der Waals surface area contributed by atoms with Gasteiger partial charge in [0.25, 0.3) is 0 Å². The fourth-order valence-corrected chi connectivity index (χ4v) is 7.04. The molecule has 2 atom stereocenters. The zero-order valence-electron chi connectivity index (χ0n) is 21.6. The van der Waals surface area contributed by atoms with Crippen LogP contribution in [-0.2, 0) is 13.1 Å². The number of aromatic nitrogens is 2. The topological polar surface area (TPSA) is 113 Å². The molecule has 0 aliphatic carbocycles. The molecular weight excluding hydrogens is 534 g/mol. The van der Waals surface area contributed by atoms with Crippen LogP contribution in [0.2, 0.25) is 5.02 Å². The molecule has 0 radical (unpaired) electrons. The van der Waals surface area contributed by atoms with E-state index in [4.69, 9.17) is 11.6 Å². The third-order valence-electron chi connectivity index (χ3n) is 7.76. The van der Waals surface area contributed by atoms with Crippen molar-refractivity contribution in [3.05, 3.63) is 52.6 Å². The van der Waals surface area contributed by atoms with E-state index < -0.39 is 18.0 Å². The number of nitrogens with zero attached hydrogens (tertiary/aromatic N) is 6. The highest BCUT2D eigenvalue weighted by molar-refractivity contribution is 7.19. The number of nitrogens with one attached hydrogen (secondary N) is 1. The maximum atomic E-state index is 10.7. The third kappa shape index (κ3) is 4.80. The molecule has 1 fully saturated rings. The van der Waals surface area contributed by atoms with Crippen LogP contribution in [0, 0.1) is 16.7 Å². The molecule has 202 valence electrons. The van der Waals surface area contributed by atoms with Crippen molar-refractivity contribution in [1.29, 1.82) is 5.26 Å². The second-order valence-corrected chi connectivity index (χ2v) is 11.8. The summed E-state index contributed by atoms with van der Waals surface area (Å²) in [6.07, 6.45) is 4.91.